The van der Waals surface area contributed by atoms with E-state index >= 15 is 0 Å². The van der Waals surface area contributed by atoms with Gasteiger partial charge < -0.3 is 15.3 Å². The van der Waals surface area contributed by atoms with E-state index in [1.54, 1.807) is 11.3 Å². The van der Waals surface area contributed by atoms with Gasteiger partial charge in [0.15, 0.2) is 9.84 Å². The van der Waals surface area contributed by atoms with Gasteiger partial charge in [-0.15, -0.1) is 11.3 Å². The van der Waals surface area contributed by atoms with Gasteiger partial charge in [-0.25, -0.2) is 18.2 Å². The molecule has 0 aromatic carbocycles. The van der Waals surface area contributed by atoms with Gasteiger partial charge in [-0.3, -0.25) is 0 Å². The van der Waals surface area contributed by atoms with Crippen LogP contribution in [0.25, 0.3) is 0 Å². The van der Waals surface area contributed by atoms with Crippen molar-refractivity contribution in [1.82, 2.24) is 15.2 Å². The molecule has 24 heavy (non-hydrogen) atoms. The Morgan fingerprint density at radius 2 is 2.25 bits per heavy atom. The lowest BCUT2D eigenvalue weighted by atomic mass is 10.2. The van der Waals surface area contributed by atoms with Crippen molar-refractivity contribution in [2.24, 2.45) is 0 Å². The van der Waals surface area contributed by atoms with Gasteiger partial charge in [0, 0.05) is 17.5 Å². The van der Waals surface area contributed by atoms with Gasteiger partial charge in [0.05, 0.1) is 35.4 Å². The Balaban J connectivity index is 1.98. The van der Waals surface area contributed by atoms with Crippen LogP contribution in [0.2, 0.25) is 0 Å². The predicted octanol–water partition coefficient (Wildman–Crippen LogP) is 1.10. The lowest BCUT2D eigenvalue weighted by molar-refractivity contribution is 0.157. The second kappa shape index (κ2) is 8.26. The predicted molar refractivity (Wildman–Crippen MR) is 93.9 cm³/mol. The van der Waals surface area contributed by atoms with E-state index in [2.05, 4.69) is 17.2 Å². The number of hydrogen-bond donors (Lipinski definition) is 2. The second-order valence-electron chi connectivity index (χ2n) is 6.00. The number of aromatic nitrogens is 1. The Hall–Kier alpha value is -1.19. The highest BCUT2D eigenvalue weighted by Gasteiger charge is 2.34. The molecule has 2 N–H and O–H groups in total. The Morgan fingerprint density at radius 3 is 2.83 bits per heavy atom. The molecule has 0 aliphatic carbocycles. The third-order valence-corrected chi connectivity index (χ3v) is 7.02. The average molecular weight is 376 g/mol. The van der Waals surface area contributed by atoms with Gasteiger partial charge in [0.2, 0.25) is 0 Å². The summed E-state index contributed by atoms with van der Waals surface area (Å²) in [6, 6.07) is -0.698. The minimum absolute atomic E-state index is 0.0271. The Kier molecular flexibility index (Phi) is 6.59. The summed E-state index contributed by atoms with van der Waals surface area (Å²) < 4.78 is 23.3. The van der Waals surface area contributed by atoms with Gasteiger partial charge in [0.25, 0.3) is 0 Å². The number of sulfone groups is 1. The van der Waals surface area contributed by atoms with Gasteiger partial charge in [-0.1, -0.05) is 6.92 Å². The van der Waals surface area contributed by atoms with E-state index < -0.39 is 9.84 Å². The van der Waals surface area contributed by atoms with Crippen LogP contribution < -0.4 is 5.32 Å². The molecule has 1 aromatic heterocycles. The minimum Gasteiger partial charge on any atom is -0.395 e. The summed E-state index contributed by atoms with van der Waals surface area (Å²) in [5.41, 5.74) is 0.918. The largest absolute Gasteiger partial charge is 0.395 e. The van der Waals surface area contributed by atoms with Crippen molar-refractivity contribution in [3.8, 4) is 0 Å². The fourth-order valence-corrected chi connectivity index (χ4v) is 5.65. The topological polar surface area (TPSA) is 99.6 Å². The van der Waals surface area contributed by atoms with Crippen molar-refractivity contribution in [2.75, 3.05) is 24.7 Å². The van der Waals surface area contributed by atoms with E-state index in [0.717, 1.165) is 28.4 Å². The van der Waals surface area contributed by atoms with Crippen LogP contribution >= 0.6 is 11.3 Å². The summed E-state index contributed by atoms with van der Waals surface area (Å²) in [6.45, 7) is 4.33. The van der Waals surface area contributed by atoms with Crippen LogP contribution in [0.4, 0.5) is 4.79 Å². The van der Waals surface area contributed by atoms with E-state index in [1.165, 1.54) is 4.90 Å². The number of thiazole rings is 1. The number of aliphatic hydroxyl groups is 1. The average Bonchev–Trinajstić information content (AvgIpc) is 3.05. The second-order valence-corrected chi connectivity index (χ2v) is 9.40. The highest BCUT2D eigenvalue weighted by atomic mass is 32.2. The van der Waals surface area contributed by atoms with E-state index in [0.29, 0.717) is 13.0 Å². The third-order valence-electron chi connectivity index (χ3n) is 4.05. The number of urea groups is 1. The van der Waals surface area contributed by atoms with Crippen molar-refractivity contribution in [3.63, 3.8) is 0 Å². The first-order chi connectivity index (χ1) is 11.4. The number of carbonyl (C=O) groups is 1. The summed E-state index contributed by atoms with van der Waals surface area (Å²) >= 11 is 1.59. The molecule has 1 fully saturated rings. The van der Waals surface area contributed by atoms with Gasteiger partial charge >= 0.3 is 6.03 Å². The van der Waals surface area contributed by atoms with Crippen molar-refractivity contribution in [3.05, 3.63) is 15.6 Å². The maximum atomic E-state index is 12.4. The standard InChI is InChI=1S/C15H25N3O4S2/c1-3-4-14-17-11(2)13(23-14)9-16-15(20)18(6-7-19)12-5-8-24(21,22)10-12/h12,19H,3-10H2,1-2H3,(H,16,20)/t12-/m0/s1. The number of nitrogens with zero attached hydrogens (tertiary/aromatic N) is 2. The summed E-state index contributed by atoms with van der Waals surface area (Å²) in [7, 11) is -3.08. The number of amides is 2. The zero-order chi connectivity index (χ0) is 17.7. The van der Waals surface area contributed by atoms with Crippen LogP contribution in [0.1, 0.15) is 35.3 Å². The summed E-state index contributed by atoms with van der Waals surface area (Å²) in [6.07, 6.45) is 2.38. The summed E-state index contributed by atoms with van der Waals surface area (Å²) in [5.74, 6) is 0.0713. The molecule has 0 bridgehead atoms. The quantitative estimate of drug-likeness (QED) is 0.743. The zero-order valence-electron chi connectivity index (χ0n) is 14.1. The molecule has 1 aromatic rings. The minimum atomic E-state index is -3.08. The summed E-state index contributed by atoms with van der Waals surface area (Å²) in [4.78, 5) is 19.4. The molecule has 136 valence electrons. The van der Waals surface area contributed by atoms with Crippen LogP contribution in [0.3, 0.4) is 0 Å². The Labute approximate surface area is 147 Å². The molecule has 1 atom stereocenters. The molecule has 1 aliphatic heterocycles. The molecule has 7 nitrogen and oxygen atoms in total. The SMILES string of the molecule is CCCc1nc(C)c(CNC(=O)N(CCO)[C@H]2CCS(=O)(=O)C2)s1. The van der Waals surface area contributed by atoms with Crippen LogP contribution in [-0.2, 0) is 22.8 Å². The molecule has 0 spiro atoms. The van der Waals surface area contributed by atoms with E-state index in [4.69, 9.17) is 0 Å². The maximum Gasteiger partial charge on any atom is 0.318 e. The molecule has 0 unspecified atom stereocenters. The van der Waals surface area contributed by atoms with Crippen LogP contribution in [-0.4, -0.2) is 60.1 Å². The fraction of sp³-hybridized carbons (Fsp3) is 0.733. The molecule has 2 amide bonds. The number of hydrogen-bond acceptors (Lipinski definition) is 6. The maximum absolute atomic E-state index is 12.4. The number of aliphatic hydroxyl groups excluding tert-OH is 1. The van der Waals surface area contributed by atoms with Crippen LogP contribution in [0.15, 0.2) is 0 Å². The number of carbonyl (C=O) groups excluding carboxylic acids is 1. The molecule has 2 rings (SSSR count). The molecule has 9 heteroatoms. The first-order valence-corrected chi connectivity index (χ1v) is 10.8. The van der Waals surface area contributed by atoms with Gasteiger partial charge in [-0.2, -0.15) is 0 Å². The normalized spacial score (nSPS) is 19.4. The van der Waals surface area contributed by atoms with E-state index in [-0.39, 0.29) is 36.7 Å². The first-order valence-electron chi connectivity index (χ1n) is 8.17. The van der Waals surface area contributed by atoms with E-state index in [9.17, 15) is 18.3 Å². The monoisotopic (exact) mass is 375 g/mol. The van der Waals surface area contributed by atoms with Gasteiger partial charge in [0.1, 0.15) is 0 Å². The van der Waals surface area contributed by atoms with Crippen LogP contribution in [0.5, 0.6) is 0 Å². The van der Waals surface area contributed by atoms with Gasteiger partial charge in [-0.05, 0) is 26.2 Å². The highest BCUT2D eigenvalue weighted by molar-refractivity contribution is 7.91. The molecular formula is C15H25N3O4S2. The molecule has 0 radical (unpaired) electrons. The molecule has 2 heterocycles. The number of rotatable bonds is 7. The molecule has 0 saturated carbocycles. The molecular weight excluding hydrogens is 350 g/mol. The Bertz CT molecular complexity index is 672. The van der Waals surface area contributed by atoms with E-state index in [1.807, 2.05) is 6.92 Å². The van der Waals surface area contributed by atoms with Crippen molar-refractivity contribution >= 4 is 27.2 Å². The number of aryl methyl sites for hydroxylation is 2. The summed E-state index contributed by atoms with van der Waals surface area (Å²) in [5, 5.41) is 13.1. The highest BCUT2D eigenvalue weighted by Crippen LogP contribution is 2.20. The van der Waals surface area contributed by atoms with Crippen molar-refractivity contribution < 1.29 is 18.3 Å². The number of nitrogens with one attached hydrogen (secondary N) is 1. The van der Waals surface area contributed by atoms with Crippen molar-refractivity contribution in [2.45, 2.75) is 45.7 Å². The lowest BCUT2D eigenvalue weighted by Crippen LogP contribution is -2.47. The van der Waals surface area contributed by atoms with Crippen molar-refractivity contribution in [1.29, 1.82) is 0 Å². The fourth-order valence-electron chi connectivity index (χ4n) is 2.81. The molecule has 1 aliphatic rings. The smallest absolute Gasteiger partial charge is 0.318 e. The molecule has 1 saturated heterocycles. The first kappa shape index (κ1) is 19.1. The Morgan fingerprint density at radius 1 is 1.50 bits per heavy atom. The van der Waals surface area contributed by atoms with Crippen LogP contribution in [0, 0.1) is 6.92 Å². The lowest BCUT2D eigenvalue weighted by Gasteiger charge is -2.27. The third kappa shape index (κ3) is 4.90. The zero-order valence-corrected chi connectivity index (χ0v) is 15.8.